The van der Waals surface area contributed by atoms with Crippen LogP contribution in [-0.4, -0.2) is 34.0 Å². The maximum absolute atomic E-state index is 13.8. The van der Waals surface area contributed by atoms with Gasteiger partial charge in [0.15, 0.2) is 0 Å². The predicted molar refractivity (Wildman–Crippen MR) is 75.0 cm³/mol. The van der Waals surface area contributed by atoms with Gasteiger partial charge in [0.05, 0.1) is 5.56 Å². The highest BCUT2D eigenvalue weighted by Gasteiger charge is 2.44. The van der Waals surface area contributed by atoms with Crippen molar-refractivity contribution in [2.45, 2.75) is 31.7 Å². The highest BCUT2D eigenvalue weighted by molar-refractivity contribution is 9.10. The number of carboxylic acids is 1. The average Bonchev–Trinajstić information content (AvgIpc) is 2.41. The lowest BCUT2D eigenvalue weighted by Gasteiger charge is -2.41. The first-order valence-corrected chi connectivity index (χ1v) is 7.16. The summed E-state index contributed by atoms with van der Waals surface area (Å²) in [6, 6.07) is 4.08. The summed E-state index contributed by atoms with van der Waals surface area (Å²) in [5.74, 6) is -2.27. The van der Waals surface area contributed by atoms with Crippen molar-refractivity contribution in [2.75, 3.05) is 6.54 Å². The lowest BCUT2D eigenvalue weighted by Crippen LogP contribution is -2.57. The molecule has 0 aromatic heterocycles. The molecule has 1 saturated heterocycles. The second kappa shape index (κ2) is 5.52. The zero-order valence-electron chi connectivity index (χ0n) is 11.0. The highest BCUT2D eigenvalue weighted by atomic mass is 79.9. The summed E-state index contributed by atoms with van der Waals surface area (Å²) in [5, 5.41) is 9.39. The zero-order chi connectivity index (χ0) is 14.9. The van der Waals surface area contributed by atoms with Crippen molar-refractivity contribution in [1.29, 1.82) is 0 Å². The van der Waals surface area contributed by atoms with Crippen LogP contribution in [0.3, 0.4) is 0 Å². The van der Waals surface area contributed by atoms with Gasteiger partial charge in [-0.3, -0.25) is 4.79 Å². The first kappa shape index (κ1) is 15.0. The number of halogens is 2. The van der Waals surface area contributed by atoms with Crippen molar-refractivity contribution in [3.05, 3.63) is 34.1 Å². The quantitative estimate of drug-likeness (QED) is 0.897. The Morgan fingerprint density at radius 2 is 2.10 bits per heavy atom. The molecule has 1 aliphatic rings. The fourth-order valence-corrected chi connectivity index (χ4v) is 2.84. The number of nitrogens with zero attached hydrogens (tertiary/aromatic N) is 1. The Bertz CT molecular complexity index is 563. The van der Waals surface area contributed by atoms with Crippen LogP contribution in [0.2, 0.25) is 0 Å². The second-order valence-electron chi connectivity index (χ2n) is 5.12. The van der Waals surface area contributed by atoms with Crippen LogP contribution < -0.4 is 0 Å². The van der Waals surface area contributed by atoms with E-state index in [0.717, 1.165) is 12.8 Å². The number of carbonyl (C=O) groups excluding carboxylic acids is 1. The minimum atomic E-state index is -1.27. The molecule has 2 rings (SSSR count). The van der Waals surface area contributed by atoms with Gasteiger partial charge in [-0.15, -0.1) is 0 Å². The van der Waals surface area contributed by atoms with E-state index in [-0.39, 0.29) is 5.56 Å². The summed E-state index contributed by atoms with van der Waals surface area (Å²) in [7, 11) is 0. The number of carboxylic acid groups (broad SMARTS) is 1. The largest absolute Gasteiger partial charge is 0.480 e. The number of amides is 1. The summed E-state index contributed by atoms with van der Waals surface area (Å²) >= 11 is 3.19. The van der Waals surface area contributed by atoms with E-state index in [0.29, 0.717) is 17.4 Å². The van der Waals surface area contributed by atoms with Gasteiger partial charge in [-0.1, -0.05) is 15.9 Å². The van der Waals surface area contributed by atoms with Gasteiger partial charge in [0.2, 0.25) is 0 Å². The maximum Gasteiger partial charge on any atom is 0.329 e. The second-order valence-corrected chi connectivity index (χ2v) is 6.03. The summed E-state index contributed by atoms with van der Waals surface area (Å²) in [6.07, 6.45) is 1.85. The molecule has 1 aromatic rings. The Hall–Kier alpha value is -1.43. The number of carbonyl (C=O) groups is 2. The fourth-order valence-electron chi connectivity index (χ4n) is 2.48. The lowest BCUT2D eigenvalue weighted by atomic mass is 9.88. The van der Waals surface area contributed by atoms with Gasteiger partial charge in [-0.05, 0) is 44.4 Å². The molecule has 20 heavy (non-hydrogen) atoms. The normalized spacial score (nSPS) is 22.6. The van der Waals surface area contributed by atoms with E-state index < -0.39 is 23.2 Å². The average molecular weight is 344 g/mol. The van der Waals surface area contributed by atoms with Crippen molar-refractivity contribution < 1.29 is 19.1 Å². The van der Waals surface area contributed by atoms with Crippen molar-refractivity contribution >= 4 is 27.8 Å². The Kier molecular flexibility index (Phi) is 4.13. The smallest absolute Gasteiger partial charge is 0.329 e. The van der Waals surface area contributed by atoms with Crippen LogP contribution in [0.25, 0.3) is 0 Å². The Morgan fingerprint density at radius 3 is 2.75 bits per heavy atom. The molecule has 1 amide bonds. The SMILES string of the molecule is CC1(C(=O)O)CCCCN1C(=O)c1cc(Br)ccc1F. The Balaban J connectivity index is 2.40. The van der Waals surface area contributed by atoms with E-state index in [1.165, 1.54) is 30.0 Å². The van der Waals surface area contributed by atoms with Crippen LogP contribution in [0.4, 0.5) is 4.39 Å². The fraction of sp³-hybridized carbons (Fsp3) is 0.429. The van der Waals surface area contributed by atoms with Crippen LogP contribution in [0.5, 0.6) is 0 Å². The topological polar surface area (TPSA) is 57.6 Å². The molecule has 1 aromatic carbocycles. The molecular formula is C14H15BrFNO3. The van der Waals surface area contributed by atoms with Crippen LogP contribution in [0.1, 0.15) is 36.5 Å². The van der Waals surface area contributed by atoms with Gasteiger partial charge >= 0.3 is 5.97 Å². The lowest BCUT2D eigenvalue weighted by molar-refractivity contribution is -0.150. The maximum atomic E-state index is 13.8. The molecular weight excluding hydrogens is 329 g/mol. The van der Waals surface area contributed by atoms with E-state index >= 15 is 0 Å². The summed E-state index contributed by atoms with van der Waals surface area (Å²) in [5.41, 5.74) is -1.38. The molecule has 1 heterocycles. The summed E-state index contributed by atoms with van der Waals surface area (Å²) in [6.45, 7) is 1.84. The molecule has 0 bridgehead atoms. The number of rotatable bonds is 2. The molecule has 1 atom stereocenters. The highest BCUT2D eigenvalue weighted by Crippen LogP contribution is 2.30. The minimum absolute atomic E-state index is 0.103. The standard InChI is InChI=1S/C14H15BrFNO3/c1-14(13(19)20)6-2-3-7-17(14)12(18)10-8-9(15)4-5-11(10)16/h4-5,8H,2-3,6-7H2,1H3,(H,19,20). The molecule has 1 fully saturated rings. The first-order chi connectivity index (χ1) is 9.36. The van der Waals surface area contributed by atoms with E-state index in [1.54, 1.807) is 0 Å². The Morgan fingerprint density at radius 1 is 1.40 bits per heavy atom. The molecule has 0 spiro atoms. The molecule has 6 heteroatoms. The van der Waals surface area contributed by atoms with Gasteiger partial charge in [-0.25, -0.2) is 9.18 Å². The first-order valence-electron chi connectivity index (χ1n) is 6.36. The van der Waals surface area contributed by atoms with Crippen LogP contribution in [0, 0.1) is 5.82 Å². The van der Waals surface area contributed by atoms with E-state index in [9.17, 15) is 19.1 Å². The van der Waals surface area contributed by atoms with Crippen LogP contribution in [-0.2, 0) is 4.79 Å². The van der Waals surface area contributed by atoms with Crippen LogP contribution in [0.15, 0.2) is 22.7 Å². The number of benzene rings is 1. The molecule has 0 radical (unpaired) electrons. The van der Waals surface area contributed by atoms with Crippen molar-refractivity contribution in [3.63, 3.8) is 0 Å². The molecule has 1 aliphatic heterocycles. The monoisotopic (exact) mass is 343 g/mol. The molecule has 1 unspecified atom stereocenters. The van der Waals surface area contributed by atoms with Gasteiger partial charge in [-0.2, -0.15) is 0 Å². The van der Waals surface area contributed by atoms with E-state index in [4.69, 9.17) is 0 Å². The minimum Gasteiger partial charge on any atom is -0.480 e. The van der Waals surface area contributed by atoms with Crippen molar-refractivity contribution in [1.82, 2.24) is 4.90 Å². The van der Waals surface area contributed by atoms with Gasteiger partial charge in [0.1, 0.15) is 11.4 Å². The molecule has 0 saturated carbocycles. The molecule has 1 N–H and O–H groups in total. The number of likely N-dealkylation sites (tertiary alicyclic amines) is 1. The number of piperidine rings is 1. The number of hydrogen-bond acceptors (Lipinski definition) is 2. The van der Waals surface area contributed by atoms with Crippen molar-refractivity contribution in [3.8, 4) is 0 Å². The number of hydrogen-bond donors (Lipinski definition) is 1. The summed E-state index contributed by atoms with van der Waals surface area (Å²) in [4.78, 5) is 25.2. The van der Waals surface area contributed by atoms with E-state index in [1.807, 2.05) is 0 Å². The third-order valence-electron chi connectivity index (χ3n) is 3.76. The van der Waals surface area contributed by atoms with E-state index in [2.05, 4.69) is 15.9 Å². The number of aliphatic carboxylic acids is 1. The van der Waals surface area contributed by atoms with Gasteiger partial charge in [0.25, 0.3) is 5.91 Å². The zero-order valence-corrected chi connectivity index (χ0v) is 12.6. The van der Waals surface area contributed by atoms with Crippen molar-refractivity contribution in [2.24, 2.45) is 0 Å². The predicted octanol–water partition coefficient (Wildman–Crippen LogP) is 3.06. The molecule has 108 valence electrons. The van der Waals surface area contributed by atoms with Crippen LogP contribution >= 0.6 is 15.9 Å². The third-order valence-corrected chi connectivity index (χ3v) is 4.25. The van der Waals surface area contributed by atoms with Gasteiger partial charge in [0, 0.05) is 11.0 Å². The van der Waals surface area contributed by atoms with Gasteiger partial charge < -0.3 is 10.0 Å². The Labute approximate surface area is 124 Å². The molecule has 4 nitrogen and oxygen atoms in total. The third kappa shape index (κ3) is 2.57. The molecule has 0 aliphatic carbocycles. The summed E-state index contributed by atoms with van der Waals surface area (Å²) < 4.78 is 14.4.